The summed E-state index contributed by atoms with van der Waals surface area (Å²) in [4.78, 5) is 32.7. The van der Waals surface area contributed by atoms with Gasteiger partial charge >= 0.3 is 5.97 Å². The molecule has 0 unspecified atom stereocenters. The molecular weight excluding hydrogens is 372 g/mol. The molecule has 144 valence electrons. The van der Waals surface area contributed by atoms with Gasteiger partial charge in [-0.1, -0.05) is 12.1 Å². The van der Waals surface area contributed by atoms with Gasteiger partial charge in [-0.05, 0) is 11.6 Å². The zero-order valence-corrected chi connectivity index (χ0v) is 14.4. The number of nitro benzene ring substituents is 2. The number of carbonyl (C=O) groups is 1. The van der Waals surface area contributed by atoms with E-state index in [-0.39, 0.29) is 31.4 Å². The molecule has 3 rings (SSSR count). The molecule has 0 aliphatic carbocycles. The predicted molar refractivity (Wildman–Crippen MR) is 95.3 cm³/mol. The lowest BCUT2D eigenvalue weighted by atomic mass is 10.1. The van der Waals surface area contributed by atoms with Crippen molar-refractivity contribution in [3.63, 3.8) is 0 Å². The zero-order valence-electron chi connectivity index (χ0n) is 14.4. The van der Waals surface area contributed by atoms with Gasteiger partial charge in [-0.2, -0.15) is 0 Å². The monoisotopic (exact) mass is 386 g/mol. The Morgan fingerprint density at radius 2 is 1.93 bits per heavy atom. The average molecular weight is 386 g/mol. The number of hydrogen-bond acceptors (Lipinski definition) is 8. The van der Waals surface area contributed by atoms with Gasteiger partial charge in [-0.25, -0.2) is 4.79 Å². The quantitative estimate of drug-likeness (QED) is 0.320. The molecule has 10 heteroatoms. The average Bonchev–Trinajstić information content (AvgIpc) is 2.70. The normalized spacial score (nSPS) is 12.9. The van der Waals surface area contributed by atoms with Gasteiger partial charge in [0.15, 0.2) is 6.79 Å². The van der Waals surface area contributed by atoms with Gasteiger partial charge in [-0.15, -0.1) is 0 Å². The molecule has 0 radical (unpaired) electrons. The molecule has 0 saturated heterocycles. The van der Waals surface area contributed by atoms with Crippen LogP contribution in [0, 0.1) is 20.2 Å². The summed E-state index contributed by atoms with van der Waals surface area (Å²) < 4.78 is 15.6. The SMILES string of the molecule is O=C(/C=C/c1cccc([N+](=O)[O-])c1)OCc1cc([N+](=O)[O-])cc2c1OCOC2. The van der Waals surface area contributed by atoms with Crippen LogP contribution in [0.1, 0.15) is 16.7 Å². The maximum atomic E-state index is 12.0. The van der Waals surface area contributed by atoms with Crippen molar-refractivity contribution in [2.75, 3.05) is 6.79 Å². The molecule has 2 aromatic carbocycles. The molecule has 28 heavy (non-hydrogen) atoms. The molecule has 1 aliphatic rings. The fourth-order valence-corrected chi connectivity index (χ4v) is 2.60. The summed E-state index contributed by atoms with van der Waals surface area (Å²) in [7, 11) is 0. The Morgan fingerprint density at radius 3 is 2.68 bits per heavy atom. The highest BCUT2D eigenvalue weighted by molar-refractivity contribution is 5.87. The van der Waals surface area contributed by atoms with Gasteiger partial charge in [-0.3, -0.25) is 20.2 Å². The molecule has 0 spiro atoms. The minimum Gasteiger partial charge on any atom is -0.467 e. The summed E-state index contributed by atoms with van der Waals surface area (Å²) in [5, 5.41) is 21.8. The number of non-ortho nitro benzene ring substituents is 2. The third-order valence-electron chi connectivity index (χ3n) is 3.85. The van der Waals surface area contributed by atoms with Crippen LogP contribution in [0.4, 0.5) is 11.4 Å². The van der Waals surface area contributed by atoms with Crippen molar-refractivity contribution in [1.82, 2.24) is 0 Å². The second-order valence-corrected chi connectivity index (χ2v) is 5.75. The van der Waals surface area contributed by atoms with Crippen LogP contribution < -0.4 is 4.74 Å². The number of nitrogens with zero attached hydrogens (tertiary/aromatic N) is 2. The molecule has 0 aromatic heterocycles. The van der Waals surface area contributed by atoms with E-state index in [1.807, 2.05) is 0 Å². The molecule has 0 fully saturated rings. The first-order valence-corrected chi connectivity index (χ1v) is 8.04. The summed E-state index contributed by atoms with van der Waals surface area (Å²) in [6.07, 6.45) is 2.50. The fraction of sp³-hybridized carbons (Fsp3) is 0.167. The number of ether oxygens (including phenoxy) is 3. The summed E-state index contributed by atoms with van der Waals surface area (Å²) in [6, 6.07) is 8.38. The van der Waals surface area contributed by atoms with Crippen LogP contribution in [-0.4, -0.2) is 22.6 Å². The number of esters is 1. The van der Waals surface area contributed by atoms with Gasteiger partial charge in [0.2, 0.25) is 0 Å². The van der Waals surface area contributed by atoms with E-state index in [4.69, 9.17) is 14.2 Å². The zero-order chi connectivity index (χ0) is 20.1. The van der Waals surface area contributed by atoms with Gasteiger partial charge in [0.25, 0.3) is 11.4 Å². The topological polar surface area (TPSA) is 131 Å². The maximum absolute atomic E-state index is 12.0. The van der Waals surface area contributed by atoms with Crippen LogP contribution in [-0.2, 0) is 27.5 Å². The highest BCUT2D eigenvalue weighted by Gasteiger charge is 2.21. The van der Waals surface area contributed by atoms with Crippen molar-refractivity contribution < 1.29 is 28.9 Å². The van der Waals surface area contributed by atoms with Crippen molar-refractivity contribution in [3.8, 4) is 5.75 Å². The van der Waals surface area contributed by atoms with Crippen molar-refractivity contribution >= 4 is 23.4 Å². The molecular formula is C18H14N2O8. The van der Waals surface area contributed by atoms with E-state index >= 15 is 0 Å². The first kappa shape index (κ1) is 19.0. The third kappa shape index (κ3) is 4.48. The minimum atomic E-state index is -0.709. The lowest BCUT2D eigenvalue weighted by Crippen LogP contribution is -2.14. The Labute approximate surface area is 158 Å². The summed E-state index contributed by atoms with van der Waals surface area (Å²) in [5.41, 5.74) is 1.05. The number of hydrogen-bond donors (Lipinski definition) is 0. The second-order valence-electron chi connectivity index (χ2n) is 5.75. The largest absolute Gasteiger partial charge is 0.467 e. The van der Waals surface area contributed by atoms with Crippen molar-refractivity contribution in [2.45, 2.75) is 13.2 Å². The number of benzene rings is 2. The molecule has 1 aliphatic heterocycles. The third-order valence-corrected chi connectivity index (χ3v) is 3.85. The van der Waals surface area contributed by atoms with E-state index in [9.17, 15) is 25.0 Å². The van der Waals surface area contributed by atoms with Gasteiger partial charge in [0, 0.05) is 41.5 Å². The van der Waals surface area contributed by atoms with Crippen LogP contribution in [0.25, 0.3) is 6.08 Å². The standard InChI is InChI=1S/C18H14N2O8/c21-17(5-4-12-2-1-3-15(6-12)19(22)23)27-10-14-8-16(20(24)25)7-13-9-26-11-28-18(13)14/h1-8H,9-11H2/b5-4+. The Hall–Kier alpha value is -3.79. The molecule has 0 atom stereocenters. The van der Waals surface area contributed by atoms with E-state index in [0.717, 1.165) is 6.08 Å². The maximum Gasteiger partial charge on any atom is 0.331 e. The Balaban J connectivity index is 1.71. The lowest BCUT2D eigenvalue weighted by molar-refractivity contribution is -0.385. The molecule has 1 heterocycles. The van der Waals surface area contributed by atoms with E-state index in [2.05, 4.69) is 0 Å². The molecule has 0 bridgehead atoms. The number of rotatable bonds is 6. The Morgan fingerprint density at radius 1 is 1.14 bits per heavy atom. The number of fused-ring (bicyclic) bond motifs is 1. The summed E-state index contributed by atoms with van der Waals surface area (Å²) in [6.45, 7) is -0.0782. The number of nitro groups is 2. The summed E-state index contributed by atoms with van der Waals surface area (Å²) >= 11 is 0. The fourth-order valence-electron chi connectivity index (χ4n) is 2.60. The van der Waals surface area contributed by atoms with Crippen molar-refractivity contribution in [1.29, 1.82) is 0 Å². The summed E-state index contributed by atoms with van der Waals surface area (Å²) in [5.74, 6) is -0.314. The molecule has 0 amide bonds. The highest BCUT2D eigenvalue weighted by Crippen LogP contribution is 2.33. The van der Waals surface area contributed by atoms with Crippen LogP contribution in [0.5, 0.6) is 5.75 Å². The Bertz CT molecular complexity index is 970. The number of carbonyl (C=O) groups excluding carboxylic acids is 1. The lowest BCUT2D eigenvalue weighted by Gasteiger charge is -2.20. The highest BCUT2D eigenvalue weighted by atomic mass is 16.7. The first-order chi connectivity index (χ1) is 13.4. The van der Waals surface area contributed by atoms with E-state index < -0.39 is 15.8 Å². The molecule has 0 N–H and O–H groups in total. The minimum absolute atomic E-state index is 0.00154. The van der Waals surface area contributed by atoms with Gasteiger partial charge in [0.1, 0.15) is 12.4 Å². The van der Waals surface area contributed by atoms with Gasteiger partial charge in [0.05, 0.1) is 16.5 Å². The van der Waals surface area contributed by atoms with Gasteiger partial charge < -0.3 is 14.2 Å². The molecule has 10 nitrogen and oxygen atoms in total. The molecule has 0 saturated carbocycles. The smallest absolute Gasteiger partial charge is 0.331 e. The first-order valence-electron chi connectivity index (χ1n) is 8.04. The van der Waals surface area contributed by atoms with E-state index in [0.29, 0.717) is 22.4 Å². The van der Waals surface area contributed by atoms with E-state index in [1.54, 1.807) is 6.07 Å². The van der Waals surface area contributed by atoms with E-state index in [1.165, 1.54) is 36.4 Å². The van der Waals surface area contributed by atoms with Crippen LogP contribution in [0.3, 0.4) is 0 Å². The van der Waals surface area contributed by atoms with Crippen LogP contribution >= 0.6 is 0 Å². The Kier molecular flexibility index (Phi) is 5.61. The second kappa shape index (κ2) is 8.27. The molecule has 2 aromatic rings. The predicted octanol–water partition coefficient (Wildman–Crippen LogP) is 3.13. The van der Waals surface area contributed by atoms with Crippen LogP contribution in [0.2, 0.25) is 0 Å². The van der Waals surface area contributed by atoms with Crippen molar-refractivity contribution in [2.24, 2.45) is 0 Å². The van der Waals surface area contributed by atoms with Crippen molar-refractivity contribution in [3.05, 3.63) is 79.4 Å². The van der Waals surface area contributed by atoms with Crippen LogP contribution in [0.15, 0.2) is 42.5 Å².